The molecule has 0 aliphatic carbocycles. The van der Waals surface area contributed by atoms with Crippen LogP contribution >= 0.6 is 11.6 Å². The third kappa shape index (κ3) is 6.74. The molecule has 0 atom stereocenters. The SMILES string of the molecule is COCCOCCNC(=O)c1cc(S(=O)(=O)NC(C)C)ccc1Cl. The number of hydrogen-bond donors (Lipinski definition) is 2. The van der Waals surface area contributed by atoms with Crippen molar-refractivity contribution in [2.75, 3.05) is 33.5 Å². The summed E-state index contributed by atoms with van der Waals surface area (Å²) in [6, 6.07) is 3.75. The molecule has 0 heterocycles. The van der Waals surface area contributed by atoms with Crippen LogP contribution in [0, 0.1) is 0 Å². The molecule has 7 nitrogen and oxygen atoms in total. The quantitative estimate of drug-likeness (QED) is 0.600. The molecule has 0 radical (unpaired) electrons. The summed E-state index contributed by atoms with van der Waals surface area (Å²) in [5.41, 5.74) is 0.0974. The van der Waals surface area contributed by atoms with E-state index in [1.165, 1.54) is 18.2 Å². The Bertz CT molecular complexity index is 649. The van der Waals surface area contributed by atoms with Gasteiger partial charge in [-0.1, -0.05) is 11.6 Å². The normalized spacial score (nSPS) is 11.7. The lowest BCUT2D eigenvalue weighted by molar-refractivity contribution is 0.0692. The summed E-state index contributed by atoms with van der Waals surface area (Å²) >= 11 is 6.00. The van der Waals surface area contributed by atoms with Crippen LogP contribution in [0.15, 0.2) is 23.1 Å². The highest BCUT2D eigenvalue weighted by Crippen LogP contribution is 2.20. The van der Waals surface area contributed by atoms with Crippen LogP contribution in [0.3, 0.4) is 0 Å². The molecule has 0 bridgehead atoms. The Labute approximate surface area is 147 Å². The lowest BCUT2D eigenvalue weighted by Gasteiger charge is -2.12. The highest BCUT2D eigenvalue weighted by Gasteiger charge is 2.19. The smallest absolute Gasteiger partial charge is 0.252 e. The van der Waals surface area contributed by atoms with Gasteiger partial charge >= 0.3 is 0 Å². The molecule has 0 spiro atoms. The highest BCUT2D eigenvalue weighted by atomic mass is 35.5. The standard InChI is InChI=1S/C15H23ClN2O5S/c1-11(2)18-24(20,21)12-4-5-14(16)13(10-12)15(19)17-6-7-23-9-8-22-3/h4-5,10-11,18H,6-9H2,1-3H3,(H,17,19). The van der Waals surface area contributed by atoms with Crippen LogP contribution in [0.25, 0.3) is 0 Å². The van der Waals surface area contributed by atoms with E-state index >= 15 is 0 Å². The molecule has 2 N–H and O–H groups in total. The third-order valence-electron chi connectivity index (χ3n) is 2.85. The van der Waals surface area contributed by atoms with Crippen LogP contribution in [-0.4, -0.2) is 53.8 Å². The molecule has 24 heavy (non-hydrogen) atoms. The number of sulfonamides is 1. The Kier molecular flexibility index (Phi) is 8.65. The van der Waals surface area contributed by atoms with Gasteiger partial charge in [0.05, 0.1) is 35.3 Å². The van der Waals surface area contributed by atoms with Crippen molar-refractivity contribution in [3.8, 4) is 0 Å². The van der Waals surface area contributed by atoms with Gasteiger partial charge in [-0.3, -0.25) is 4.79 Å². The topological polar surface area (TPSA) is 93.7 Å². The predicted octanol–water partition coefficient (Wildman–Crippen LogP) is 1.42. The van der Waals surface area contributed by atoms with E-state index in [0.717, 1.165) is 0 Å². The summed E-state index contributed by atoms with van der Waals surface area (Å²) in [5.74, 6) is -0.461. The Hall–Kier alpha value is -1.19. The van der Waals surface area contributed by atoms with E-state index in [1.54, 1.807) is 21.0 Å². The zero-order valence-corrected chi connectivity index (χ0v) is 15.5. The fourth-order valence-electron chi connectivity index (χ4n) is 1.80. The first-order valence-electron chi connectivity index (χ1n) is 7.44. The van der Waals surface area contributed by atoms with Crippen molar-refractivity contribution in [2.24, 2.45) is 0 Å². The zero-order valence-electron chi connectivity index (χ0n) is 14.0. The van der Waals surface area contributed by atoms with Gasteiger partial charge < -0.3 is 14.8 Å². The van der Waals surface area contributed by atoms with Crippen molar-refractivity contribution in [1.29, 1.82) is 0 Å². The first-order valence-corrected chi connectivity index (χ1v) is 9.31. The molecule has 0 aromatic heterocycles. The van der Waals surface area contributed by atoms with Crippen LogP contribution in [0.5, 0.6) is 0 Å². The first-order chi connectivity index (χ1) is 11.3. The number of halogens is 1. The average molecular weight is 379 g/mol. The summed E-state index contributed by atoms with van der Waals surface area (Å²) in [4.78, 5) is 12.2. The third-order valence-corrected chi connectivity index (χ3v) is 4.83. The zero-order chi connectivity index (χ0) is 18.2. The second-order valence-corrected chi connectivity index (χ2v) is 7.40. The van der Waals surface area contributed by atoms with E-state index in [4.69, 9.17) is 21.1 Å². The Morgan fingerprint density at radius 1 is 1.25 bits per heavy atom. The van der Waals surface area contributed by atoms with Gasteiger partial charge in [0, 0.05) is 19.7 Å². The number of benzene rings is 1. The average Bonchev–Trinajstić information content (AvgIpc) is 2.49. The van der Waals surface area contributed by atoms with Gasteiger partial charge in [-0.2, -0.15) is 0 Å². The summed E-state index contributed by atoms with van der Waals surface area (Å²) < 4.78 is 36.9. The van der Waals surface area contributed by atoms with Gasteiger partial charge in [-0.25, -0.2) is 13.1 Å². The molecule has 1 aromatic carbocycles. The molecule has 1 amide bonds. The summed E-state index contributed by atoms with van der Waals surface area (Å²) in [6.07, 6.45) is 0. The molecule has 0 fully saturated rings. The number of methoxy groups -OCH3 is 1. The molecule has 0 aliphatic rings. The van der Waals surface area contributed by atoms with Gasteiger partial charge in [0.25, 0.3) is 5.91 Å². The van der Waals surface area contributed by atoms with Crippen LogP contribution < -0.4 is 10.0 Å². The monoisotopic (exact) mass is 378 g/mol. The number of rotatable bonds is 10. The number of carbonyl (C=O) groups excluding carboxylic acids is 1. The van der Waals surface area contributed by atoms with Crippen molar-refractivity contribution in [1.82, 2.24) is 10.0 Å². The molecule has 0 aliphatic heterocycles. The molecule has 1 rings (SSSR count). The van der Waals surface area contributed by atoms with E-state index in [9.17, 15) is 13.2 Å². The molecular formula is C15H23ClN2O5S. The number of hydrogen-bond acceptors (Lipinski definition) is 5. The lowest BCUT2D eigenvalue weighted by atomic mass is 10.2. The second kappa shape index (κ2) is 9.95. The van der Waals surface area contributed by atoms with Crippen molar-refractivity contribution in [2.45, 2.75) is 24.8 Å². The molecule has 136 valence electrons. The molecule has 9 heteroatoms. The van der Waals surface area contributed by atoms with Gasteiger partial charge in [-0.05, 0) is 32.0 Å². The fourth-order valence-corrected chi connectivity index (χ4v) is 3.28. The molecule has 0 saturated heterocycles. The van der Waals surface area contributed by atoms with Crippen LogP contribution in [0.2, 0.25) is 5.02 Å². The molecule has 0 unspecified atom stereocenters. The Morgan fingerprint density at radius 2 is 1.96 bits per heavy atom. The maximum Gasteiger partial charge on any atom is 0.252 e. The number of carbonyl (C=O) groups is 1. The van der Waals surface area contributed by atoms with Crippen molar-refractivity contribution in [3.63, 3.8) is 0 Å². The minimum atomic E-state index is -3.69. The van der Waals surface area contributed by atoms with E-state index in [-0.39, 0.29) is 28.1 Å². The number of nitrogens with one attached hydrogen (secondary N) is 2. The van der Waals surface area contributed by atoms with Crippen molar-refractivity contribution < 1.29 is 22.7 Å². The van der Waals surface area contributed by atoms with E-state index in [1.807, 2.05) is 0 Å². The van der Waals surface area contributed by atoms with E-state index in [0.29, 0.717) is 19.8 Å². The number of ether oxygens (including phenoxy) is 2. The number of amides is 1. The van der Waals surface area contributed by atoms with Crippen molar-refractivity contribution >= 4 is 27.5 Å². The van der Waals surface area contributed by atoms with E-state index in [2.05, 4.69) is 10.0 Å². The fraction of sp³-hybridized carbons (Fsp3) is 0.533. The highest BCUT2D eigenvalue weighted by molar-refractivity contribution is 7.89. The predicted molar refractivity (Wildman–Crippen MR) is 91.9 cm³/mol. The summed E-state index contributed by atoms with van der Waals surface area (Å²) in [7, 11) is -2.12. The minimum Gasteiger partial charge on any atom is -0.382 e. The summed E-state index contributed by atoms with van der Waals surface area (Å²) in [6.45, 7) is 4.93. The second-order valence-electron chi connectivity index (χ2n) is 5.28. The first kappa shape index (κ1) is 20.9. The molecular weight excluding hydrogens is 356 g/mol. The molecule has 0 saturated carbocycles. The molecule has 1 aromatic rings. The van der Waals surface area contributed by atoms with Crippen molar-refractivity contribution in [3.05, 3.63) is 28.8 Å². The van der Waals surface area contributed by atoms with Crippen LogP contribution in [-0.2, 0) is 19.5 Å². The van der Waals surface area contributed by atoms with E-state index < -0.39 is 15.9 Å². The lowest BCUT2D eigenvalue weighted by Crippen LogP contribution is -2.31. The Morgan fingerprint density at radius 3 is 2.58 bits per heavy atom. The van der Waals surface area contributed by atoms with Gasteiger partial charge in [-0.15, -0.1) is 0 Å². The summed E-state index contributed by atoms with van der Waals surface area (Å²) in [5, 5.41) is 2.81. The van der Waals surface area contributed by atoms with Gasteiger partial charge in [0.1, 0.15) is 0 Å². The van der Waals surface area contributed by atoms with Crippen LogP contribution in [0.4, 0.5) is 0 Å². The maximum atomic E-state index is 12.2. The van der Waals surface area contributed by atoms with Crippen LogP contribution in [0.1, 0.15) is 24.2 Å². The Balaban J connectivity index is 2.74. The largest absolute Gasteiger partial charge is 0.382 e. The minimum absolute atomic E-state index is 0.0119. The van der Waals surface area contributed by atoms with Gasteiger partial charge in [0.15, 0.2) is 0 Å². The van der Waals surface area contributed by atoms with Gasteiger partial charge in [0.2, 0.25) is 10.0 Å². The maximum absolute atomic E-state index is 12.2.